The van der Waals surface area contributed by atoms with E-state index < -0.39 is 5.92 Å². The Morgan fingerprint density at radius 1 is 1.72 bits per heavy atom. The van der Waals surface area contributed by atoms with E-state index in [-0.39, 0.29) is 17.8 Å². The molecule has 0 aromatic carbocycles. The second kappa shape index (κ2) is 5.99. The molecular weight excluding hydrogens is 236 g/mol. The van der Waals surface area contributed by atoms with Crippen molar-refractivity contribution in [2.75, 3.05) is 0 Å². The molecule has 0 fully saturated rings. The highest BCUT2D eigenvalue weighted by Crippen LogP contribution is 2.10. The van der Waals surface area contributed by atoms with Gasteiger partial charge in [0, 0.05) is 7.05 Å². The minimum Gasteiger partial charge on any atom is -0.409 e. The number of hydrogen-bond donors (Lipinski definition) is 3. The molecule has 0 aliphatic carbocycles. The van der Waals surface area contributed by atoms with Crippen LogP contribution in [-0.2, 0) is 11.8 Å². The number of aromatic nitrogens is 3. The molecule has 0 spiro atoms. The molecule has 1 aromatic heterocycles. The van der Waals surface area contributed by atoms with Crippen LogP contribution >= 0.6 is 0 Å². The van der Waals surface area contributed by atoms with Gasteiger partial charge in [0.25, 0.3) is 0 Å². The average Bonchev–Trinajstić information content (AvgIpc) is 2.76. The van der Waals surface area contributed by atoms with Gasteiger partial charge in [0.2, 0.25) is 5.91 Å². The van der Waals surface area contributed by atoms with E-state index in [2.05, 4.69) is 20.7 Å². The van der Waals surface area contributed by atoms with Crippen LogP contribution in [0.2, 0.25) is 0 Å². The molecule has 0 bridgehead atoms. The summed E-state index contributed by atoms with van der Waals surface area (Å²) in [7, 11) is 1.79. The third-order valence-electron chi connectivity index (χ3n) is 2.69. The second-order valence-corrected chi connectivity index (χ2v) is 4.02. The van der Waals surface area contributed by atoms with Crippen molar-refractivity contribution in [3.63, 3.8) is 0 Å². The maximum Gasteiger partial charge on any atom is 0.231 e. The number of amidine groups is 1. The molecule has 2 unspecified atom stereocenters. The maximum atomic E-state index is 12.0. The summed E-state index contributed by atoms with van der Waals surface area (Å²) >= 11 is 0. The molecule has 0 radical (unpaired) electrons. The van der Waals surface area contributed by atoms with Crippen LogP contribution in [0.15, 0.2) is 11.5 Å². The first-order chi connectivity index (χ1) is 8.51. The van der Waals surface area contributed by atoms with E-state index >= 15 is 0 Å². The first-order valence-electron chi connectivity index (χ1n) is 5.62. The number of carbonyl (C=O) groups excluding carboxylic acids is 1. The van der Waals surface area contributed by atoms with E-state index in [9.17, 15) is 4.79 Å². The number of rotatable bonds is 5. The Morgan fingerprint density at radius 2 is 2.39 bits per heavy atom. The molecule has 0 saturated heterocycles. The lowest BCUT2D eigenvalue weighted by molar-refractivity contribution is -0.123. The maximum absolute atomic E-state index is 12.0. The van der Waals surface area contributed by atoms with Gasteiger partial charge in [-0.15, -0.1) is 10.2 Å². The van der Waals surface area contributed by atoms with Gasteiger partial charge in [-0.3, -0.25) is 4.79 Å². The molecule has 2 atom stereocenters. The molecule has 8 nitrogen and oxygen atoms in total. The summed E-state index contributed by atoms with van der Waals surface area (Å²) in [6.45, 7) is 3.58. The van der Waals surface area contributed by atoms with Gasteiger partial charge in [-0.1, -0.05) is 12.1 Å². The fourth-order valence-corrected chi connectivity index (χ4v) is 1.66. The zero-order valence-corrected chi connectivity index (χ0v) is 10.7. The predicted octanol–water partition coefficient (Wildman–Crippen LogP) is -0.235. The second-order valence-electron chi connectivity index (χ2n) is 4.02. The third kappa shape index (κ3) is 2.96. The SMILES string of the molecule is CCC(C(=O)NC(C)c1nncn1C)/C(N)=N/O. The molecule has 8 heteroatoms. The van der Waals surface area contributed by atoms with Crippen molar-refractivity contribution >= 4 is 11.7 Å². The summed E-state index contributed by atoms with van der Waals surface area (Å²) in [6.07, 6.45) is 2.01. The molecule has 1 amide bonds. The van der Waals surface area contributed by atoms with E-state index in [1.165, 1.54) is 0 Å². The number of oxime groups is 1. The van der Waals surface area contributed by atoms with Crippen molar-refractivity contribution in [3.8, 4) is 0 Å². The summed E-state index contributed by atoms with van der Waals surface area (Å²) in [4.78, 5) is 12.0. The quantitative estimate of drug-likeness (QED) is 0.290. The van der Waals surface area contributed by atoms with E-state index in [4.69, 9.17) is 10.9 Å². The van der Waals surface area contributed by atoms with Crippen LogP contribution in [0.4, 0.5) is 0 Å². The summed E-state index contributed by atoms with van der Waals surface area (Å²) in [5.41, 5.74) is 5.46. The fourth-order valence-electron chi connectivity index (χ4n) is 1.66. The Balaban J connectivity index is 2.73. The number of nitrogens with zero attached hydrogens (tertiary/aromatic N) is 4. The fraction of sp³-hybridized carbons (Fsp3) is 0.600. The summed E-state index contributed by atoms with van der Waals surface area (Å²) < 4.78 is 1.72. The lowest BCUT2D eigenvalue weighted by Gasteiger charge is -2.17. The van der Waals surface area contributed by atoms with Gasteiger partial charge in [-0.2, -0.15) is 0 Å². The first-order valence-corrected chi connectivity index (χ1v) is 5.62. The summed E-state index contributed by atoms with van der Waals surface area (Å²) in [6, 6.07) is -0.300. The van der Waals surface area contributed by atoms with Crippen molar-refractivity contribution in [1.29, 1.82) is 0 Å². The Labute approximate surface area is 105 Å². The van der Waals surface area contributed by atoms with Crippen molar-refractivity contribution < 1.29 is 10.0 Å². The standard InChI is InChI=1S/C10H18N6O2/c1-4-7(8(11)15-18)10(17)13-6(2)9-14-12-5-16(9)3/h5-7,18H,4H2,1-3H3,(H2,11,15)(H,13,17). The number of aryl methyl sites for hydroxylation is 1. The Kier molecular flexibility index (Phi) is 4.64. The molecule has 0 aliphatic rings. The molecular formula is C10H18N6O2. The van der Waals surface area contributed by atoms with Crippen LogP contribution in [0, 0.1) is 5.92 Å². The average molecular weight is 254 g/mol. The molecule has 1 heterocycles. The smallest absolute Gasteiger partial charge is 0.231 e. The zero-order valence-electron chi connectivity index (χ0n) is 10.7. The van der Waals surface area contributed by atoms with Gasteiger partial charge in [0.1, 0.15) is 6.33 Å². The van der Waals surface area contributed by atoms with Gasteiger partial charge in [0.15, 0.2) is 11.7 Å². The van der Waals surface area contributed by atoms with E-state index in [0.29, 0.717) is 12.2 Å². The van der Waals surface area contributed by atoms with E-state index in [0.717, 1.165) is 0 Å². The summed E-state index contributed by atoms with van der Waals surface area (Å²) in [5, 5.41) is 21.9. The van der Waals surface area contributed by atoms with Crippen molar-refractivity contribution in [3.05, 3.63) is 12.2 Å². The predicted molar refractivity (Wildman–Crippen MR) is 64.8 cm³/mol. The highest BCUT2D eigenvalue weighted by atomic mass is 16.4. The number of hydrogen-bond acceptors (Lipinski definition) is 5. The molecule has 100 valence electrons. The van der Waals surface area contributed by atoms with Gasteiger partial charge in [-0.05, 0) is 13.3 Å². The molecule has 0 saturated carbocycles. The molecule has 0 aliphatic heterocycles. The lowest BCUT2D eigenvalue weighted by atomic mass is 10.0. The Morgan fingerprint density at radius 3 is 2.83 bits per heavy atom. The number of carbonyl (C=O) groups is 1. The van der Waals surface area contributed by atoms with E-state index in [1.807, 2.05) is 0 Å². The monoisotopic (exact) mass is 254 g/mol. The van der Waals surface area contributed by atoms with Crippen LogP contribution in [0.3, 0.4) is 0 Å². The Hall–Kier alpha value is -2.12. The number of nitrogens with two attached hydrogens (primary N) is 1. The number of amides is 1. The number of nitrogens with one attached hydrogen (secondary N) is 1. The normalized spacial score (nSPS) is 15.2. The molecule has 1 aromatic rings. The van der Waals surface area contributed by atoms with Crippen LogP contribution in [-0.4, -0.2) is 31.7 Å². The van der Waals surface area contributed by atoms with E-state index in [1.54, 1.807) is 31.8 Å². The third-order valence-corrected chi connectivity index (χ3v) is 2.69. The summed E-state index contributed by atoms with van der Waals surface area (Å²) in [5.74, 6) is -0.410. The van der Waals surface area contributed by atoms with Gasteiger partial charge in [-0.25, -0.2) is 0 Å². The van der Waals surface area contributed by atoms with Crippen LogP contribution in [0.1, 0.15) is 32.1 Å². The van der Waals surface area contributed by atoms with Crippen LogP contribution < -0.4 is 11.1 Å². The van der Waals surface area contributed by atoms with Gasteiger partial charge in [0.05, 0.1) is 12.0 Å². The largest absolute Gasteiger partial charge is 0.409 e. The topological polar surface area (TPSA) is 118 Å². The highest BCUT2D eigenvalue weighted by molar-refractivity contribution is 6.02. The van der Waals surface area contributed by atoms with Crippen LogP contribution in [0.25, 0.3) is 0 Å². The minimum atomic E-state index is -0.648. The molecule has 18 heavy (non-hydrogen) atoms. The zero-order chi connectivity index (χ0) is 13.7. The lowest BCUT2D eigenvalue weighted by Crippen LogP contribution is -2.40. The minimum absolute atomic E-state index is 0.0971. The van der Waals surface area contributed by atoms with Gasteiger partial charge < -0.3 is 20.8 Å². The molecule has 4 N–H and O–H groups in total. The van der Waals surface area contributed by atoms with Crippen molar-refractivity contribution in [1.82, 2.24) is 20.1 Å². The first kappa shape index (κ1) is 13.9. The Bertz CT molecular complexity index is 441. The van der Waals surface area contributed by atoms with Gasteiger partial charge >= 0.3 is 0 Å². The highest BCUT2D eigenvalue weighted by Gasteiger charge is 2.24. The molecule has 1 rings (SSSR count). The van der Waals surface area contributed by atoms with Crippen molar-refractivity contribution in [2.24, 2.45) is 23.9 Å². The van der Waals surface area contributed by atoms with Crippen molar-refractivity contribution in [2.45, 2.75) is 26.3 Å². The van der Waals surface area contributed by atoms with Crippen LogP contribution in [0.5, 0.6) is 0 Å².